The van der Waals surface area contributed by atoms with Crippen molar-refractivity contribution in [1.82, 2.24) is 24.3 Å². The Morgan fingerprint density at radius 1 is 1.16 bits per heavy atom. The summed E-state index contributed by atoms with van der Waals surface area (Å²) in [7, 11) is -3.42. The molecule has 5 rings (SSSR count). The second-order valence-corrected chi connectivity index (χ2v) is 9.38. The van der Waals surface area contributed by atoms with Crippen LogP contribution < -0.4 is 0 Å². The zero-order valence-corrected chi connectivity index (χ0v) is 18.0. The summed E-state index contributed by atoms with van der Waals surface area (Å²) >= 11 is 0. The molecule has 1 aliphatic heterocycles. The highest BCUT2D eigenvalue weighted by atomic mass is 32.2. The molecule has 0 atom stereocenters. The van der Waals surface area contributed by atoms with Crippen LogP contribution in [0.4, 0.5) is 0 Å². The lowest BCUT2D eigenvalue weighted by atomic mass is 9.99. The van der Waals surface area contributed by atoms with Crippen LogP contribution in [0.2, 0.25) is 0 Å². The molecule has 0 amide bonds. The molecule has 0 spiro atoms. The number of nitrogens with zero attached hydrogens (tertiary/aromatic N) is 5. The minimum absolute atomic E-state index is 0.152. The van der Waals surface area contributed by atoms with E-state index in [1.165, 1.54) is 5.69 Å². The summed E-state index contributed by atoms with van der Waals surface area (Å²) in [6.45, 7) is 1.70. The summed E-state index contributed by atoms with van der Waals surface area (Å²) in [6.07, 6.45) is 7.31. The summed E-state index contributed by atoms with van der Waals surface area (Å²) in [5.74, 6) is 0. The van der Waals surface area contributed by atoms with Gasteiger partial charge in [0.05, 0.1) is 35.9 Å². The maximum atomic E-state index is 11.2. The molecule has 160 valence electrons. The number of aromatic nitrogens is 5. The van der Waals surface area contributed by atoms with Crippen molar-refractivity contribution in [3.8, 4) is 22.5 Å². The molecule has 0 N–H and O–H groups in total. The summed E-state index contributed by atoms with van der Waals surface area (Å²) < 4.78 is 31.3. The predicted molar refractivity (Wildman–Crippen MR) is 118 cm³/mol. The highest BCUT2D eigenvalue weighted by Crippen LogP contribution is 2.37. The molecule has 0 fully saturated rings. The Morgan fingerprint density at radius 2 is 2.06 bits per heavy atom. The van der Waals surface area contributed by atoms with Gasteiger partial charge in [0, 0.05) is 30.5 Å². The van der Waals surface area contributed by atoms with E-state index in [2.05, 4.69) is 26.8 Å². The summed E-state index contributed by atoms with van der Waals surface area (Å²) in [4.78, 5) is 9.02. The summed E-state index contributed by atoms with van der Waals surface area (Å²) in [5, 5.41) is 4.87. The first-order chi connectivity index (χ1) is 15.0. The van der Waals surface area contributed by atoms with Crippen LogP contribution in [-0.4, -0.2) is 45.6 Å². The highest BCUT2D eigenvalue weighted by molar-refractivity contribution is 7.85. The van der Waals surface area contributed by atoms with Gasteiger partial charge in [-0.1, -0.05) is 12.1 Å². The minimum Gasteiger partial charge on any atom is -0.330 e. The van der Waals surface area contributed by atoms with Crippen molar-refractivity contribution in [3.05, 3.63) is 54.6 Å². The molecule has 0 radical (unpaired) electrons. The first kappa shape index (κ1) is 19.9. The van der Waals surface area contributed by atoms with E-state index in [-0.39, 0.29) is 6.61 Å². The monoisotopic (exact) mass is 437 g/mol. The molecule has 0 saturated heterocycles. The molecule has 1 aromatic carbocycles. The van der Waals surface area contributed by atoms with Crippen LogP contribution in [0.15, 0.2) is 48.9 Å². The van der Waals surface area contributed by atoms with Crippen LogP contribution in [0.5, 0.6) is 0 Å². The molecule has 4 heterocycles. The van der Waals surface area contributed by atoms with Crippen molar-refractivity contribution in [1.29, 1.82) is 0 Å². The molecule has 9 heteroatoms. The number of fused-ring (bicyclic) bond motifs is 2. The van der Waals surface area contributed by atoms with Crippen molar-refractivity contribution in [2.24, 2.45) is 0 Å². The fourth-order valence-corrected chi connectivity index (χ4v) is 4.57. The lowest BCUT2D eigenvalue weighted by molar-refractivity contribution is 0.308. The lowest BCUT2D eigenvalue weighted by Crippen LogP contribution is -2.07. The molecular formula is C22H23N5O3S. The van der Waals surface area contributed by atoms with Gasteiger partial charge in [-0.05, 0) is 49.1 Å². The Kier molecular flexibility index (Phi) is 5.07. The topological polar surface area (TPSA) is 91.9 Å². The van der Waals surface area contributed by atoms with E-state index >= 15 is 0 Å². The van der Waals surface area contributed by atoms with Gasteiger partial charge in [0.25, 0.3) is 10.1 Å². The van der Waals surface area contributed by atoms with E-state index in [1.807, 2.05) is 28.8 Å². The normalized spacial score (nSPS) is 13.7. The number of hydrogen-bond donors (Lipinski definition) is 0. The van der Waals surface area contributed by atoms with Crippen molar-refractivity contribution in [2.75, 3.05) is 12.9 Å². The summed E-state index contributed by atoms with van der Waals surface area (Å²) in [6, 6.07) is 12.1. The van der Waals surface area contributed by atoms with E-state index < -0.39 is 10.1 Å². The van der Waals surface area contributed by atoms with Gasteiger partial charge >= 0.3 is 0 Å². The smallest absolute Gasteiger partial charge is 0.264 e. The third-order valence-corrected chi connectivity index (χ3v) is 6.09. The molecule has 4 aromatic rings. The Bertz CT molecular complexity index is 1340. The quantitative estimate of drug-likeness (QED) is 0.325. The number of rotatable bonds is 7. The zero-order valence-electron chi connectivity index (χ0n) is 17.2. The second-order valence-electron chi connectivity index (χ2n) is 7.73. The Hall–Kier alpha value is -3.04. The maximum Gasteiger partial charge on any atom is 0.264 e. The number of imidazole rings is 1. The third kappa shape index (κ3) is 3.98. The molecule has 0 bridgehead atoms. The van der Waals surface area contributed by atoms with E-state index in [1.54, 1.807) is 12.5 Å². The van der Waals surface area contributed by atoms with E-state index in [9.17, 15) is 8.42 Å². The van der Waals surface area contributed by atoms with Crippen LogP contribution in [0.1, 0.15) is 18.5 Å². The van der Waals surface area contributed by atoms with Gasteiger partial charge in [-0.25, -0.2) is 4.98 Å². The van der Waals surface area contributed by atoms with Crippen LogP contribution in [0.3, 0.4) is 0 Å². The Labute approximate surface area is 180 Å². The fourth-order valence-electron chi connectivity index (χ4n) is 4.15. The molecule has 0 unspecified atom stereocenters. The van der Waals surface area contributed by atoms with E-state index in [4.69, 9.17) is 9.28 Å². The van der Waals surface area contributed by atoms with Gasteiger partial charge in [-0.15, -0.1) is 0 Å². The Balaban J connectivity index is 1.51. The second kappa shape index (κ2) is 7.90. The Morgan fingerprint density at radius 3 is 2.87 bits per heavy atom. The molecule has 8 nitrogen and oxygen atoms in total. The van der Waals surface area contributed by atoms with Crippen molar-refractivity contribution >= 4 is 21.2 Å². The molecule has 31 heavy (non-hydrogen) atoms. The standard InChI is InChI=1S/C22H23N5O3S/c1-31(28,29)30-13-5-11-26-15-24-17-9-8-16(14-20(17)26)21-19-7-4-12-27(19)25-22(21)18-6-2-3-10-23-18/h2-3,6,8-10,14-15H,4-5,7,11-13H2,1H3. The van der Waals surface area contributed by atoms with Gasteiger partial charge < -0.3 is 4.57 Å². The average Bonchev–Trinajstić information content (AvgIpc) is 3.45. The zero-order chi connectivity index (χ0) is 21.4. The minimum atomic E-state index is -3.42. The first-order valence-corrected chi connectivity index (χ1v) is 12.1. The van der Waals surface area contributed by atoms with E-state index in [0.717, 1.165) is 59.2 Å². The number of hydrogen-bond acceptors (Lipinski definition) is 6. The van der Waals surface area contributed by atoms with Gasteiger partial charge in [0.2, 0.25) is 0 Å². The SMILES string of the molecule is CS(=O)(=O)OCCCn1cnc2ccc(-c3c(-c4ccccn4)nn4c3CCC4)cc21. The van der Waals surface area contributed by atoms with Gasteiger partial charge in [0.15, 0.2) is 0 Å². The first-order valence-electron chi connectivity index (χ1n) is 10.3. The van der Waals surface area contributed by atoms with Crippen LogP contribution in [-0.2, 0) is 33.8 Å². The number of pyridine rings is 1. The summed E-state index contributed by atoms with van der Waals surface area (Å²) in [5.41, 5.74) is 7.13. The predicted octanol–water partition coefficient (Wildman–Crippen LogP) is 3.27. The van der Waals surface area contributed by atoms with Gasteiger partial charge in [-0.2, -0.15) is 13.5 Å². The molecular weight excluding hydrogens is 414 g/mol. The van der Waals surface area contributed by atoms with Crippen LogP contribution in [0.25, 0.3) is 33.5 Å². The van der Waals surface area contributed by atoms with Gasteiger partial charge in [-0.3, -0.25) is 13.8 Å². The highest BCUT2D eigenvalue weighted by Gasteiger charge is 2.24. The van der Waals surface area contributed by atoms with Crippen molar-refractivity contribution in [3.63, 3.8) is 0 Å². The third-order valence-electron chi connectivity index (χ3n) is 5.50. The van der Waals surface area contributed by atoms with Crippen LogP contribution in [0, 0.1) is 0 Å². The fraction of sp³-hybridized carbons (Fsp3) is 0.318. The van der Waals surface area contributed by atoms with Crippen molar-refractivity contribution in [2.45, 2.75) is 32.4 Å². The van der Waals surface area contributed by atoms with E-state index in [0.29, 0.717) is 13.0 Å². The maximum absolute atomic E-state index is 11.2. The number of aryl methyl sites for hydroxylation is 2. The average molecular weight is 438 g/mol. The largest absolute Gasteiger partial charge is 0.330 e. The molecule has 0 saturated carbocycles. The molecule has 1 aliphatic rings. The van der Waals surface area contributed by atoms with Crippen LogP contribution >= 0.6 is 0 Å². The number of benzene rings is 1. The lowest BCUT2D eigenvalue weighted by Gasteiger charge is -2.08. The van der Waals surface area contributed by atoms with Gasteiger partial charge in [0.1, 0.15) is 5.69 Å². The molecule has 0 aliphatic carbocycles. The molecule has 3 aromatic heterocycles. The van der Waals surface area contributed by atoms with Crippen molar-refractivity contribution < 1.29 is 12.6 Å².